The van der Waals surface area contributed by atoms with Gasteiger partial charge in [0.15, 0.2) is 0 Å². The minimum Gasteiger partial charge on any atom is -0.496 e. The SMILES string of the molecule is COC(=O)c1ccsc1NC(=O)Cc1ccc(OC)c(C)c1. The molecule has 0 radical (unpaired) electrons. The molecule has 0 atom stereocenters. The van der Waals surface area contributed by atoms with Crippen molar-refractivity contribution in [3.8, 4) is 5.75 Å². The lowest BCUT2D eigenvalue weighted by Gasteiger charge is -2.08. The van der Waals surface area contributed by atoms with E-state index in [-0.39, 0.29) is 12.3 Å². The number of carbonyl (C=O) groups excluding carboxylic acids is 2. The molecule has 0 spiro atoms. The van der Waals surface area contributed by atoms with Gasteiger partial charge >= 0.3 is 5.97 Å². The fourth-order valence-corrected chi connectivity index (χ4v) is 2.87. The number of methoxy groups -OCH3 is 2. The zero-order valence-corrected chi connectivity index (χ0v) is 13.5. The molecule has 2 rings (SSSR count). The van der Waals surface area contributed by atoms with Crippen molar-refractivity contribution in [2.24, 2.45) is 0 Å². The fourth-order valence-electron chi connectivity index (χ4n) is 2.08. The molecule has 0 saturated heterocycles. The van der Waals surface area contributed by atoms with Gasteiger partial charge in [-0.2, -0.15) is 0 Å². The number of hydrogen-bond acceptors (Lipinski definition) is 5. The number of ether oxygens (including phenoxy) is 2. The fraction of sp³-hybridized carbons (Fsp3) is 0.250. The quantitative estimate of drug-likeness (QED) is 0.860. The van der Waals surface area contributed by atoms with Crippen molar-refractivity contribution >= 4 is 28.2 Å². The first-order valence-corrected chi connectivity index (χ1v) is 7.52. The predicted molar refractivity (Wildman–Crippen MR) is 85.7 cm³/mol. The first-order chi connectivity index (χ1) is 10.5. The zero-order valence-electron chi connectivity index (χ0n) is 12.6. The molecule has 0 aliphatic carbocycles. The standard InChI is InChI=1S/C16H17NO4S/c1-10-8-11(4-5-13(10)20-2)9-14(18)17-15-12(6-7-22-15)16(19)21-3/h4-8H,9H2,1-3H3,(H,17,18). The third kappa shape index (κ3) is 3.65. The molecular weight excluding hydrogens is 302 g/mol. The zero-order chi connectivity index (χ0) is 16.1. The van der Waals surface area contributed by atoms with E-state index in [2.05, 4.69) is 10.1 Å². The molecule has 0 unspecified atom stereocenters. The lowest BCUT2D eigenvalue weighted by atomic mass is 10.1. The van der Waals surface area contributed by atoms with E-state index >= 15 is 0 Å². The summed E-state index contributed by atoms with van der Waals surface area (Å²) in [7, 11) is 2.92. The maximum atomic E-state index is 12.1. The Morgan fingerprint density at radius 1 is 1.23 bits per heavy atom. The van der Waals surface area contributed by atoms with Crippen LogP contribution in [0.5, 0.6) is 5.75 Å². The lowest BCUT2D eigenvalue weighted by Crippen LogP contribution is -2.15. The predicted octanol–water partition coefficient (Wildman–Crippen LogP) is 3.03. The molecule has 22 heavy (non-hydrogen) atoms. The van der Waals surface area contributed by atoms with Crippen LogP contribution in [0.1, 0.15) is 21.5 Å². The minimum absolute atomic E-state index is 0.183. The highest BCUT2D eigenvalue weighted by atomic mass is 32.1. The molecule has 0 bridgehead atoms. The second kappa shape index (κ2) is 7.09. The maximum absolute atomic E-state index is 12.1. The van der Waals surface area contributed by atoms with Gasteiger partial charge in [-0.25, -0.2) is 4.79 Å². The van der Waals surface area contributed by atoms with Gasteiger partial charge in [0.05, 0.1) is 26.2 Å². The van der Waals surface area contributed by atoms with Crippen molar-refractivity contribution in [3.05, 3.63) is 46.3 Å². The van der Waals surface area contributed by atoms with Crippen LogP contribution in [0.2, 0.25) is 0 Å². The summed E-state index contributed by atoms with van der Waals surface area (Å²) in [5.41, 5.74) is 2.22. The van der Waals surface area contributed by atoms with E-state index in [0.717, 1.165) is 16.9 Å². The minimum atomic E-state index is -0.461. The third-order valence-electron chi connectivity index (χ3n) is 3.15. The van der Waals surface area contributed by atoms with Crippen molar-refractivity contribution in [2.75, 3.05) is 19.5 Å². The summed E-state index contributed by atoms with van der Waals surface area (Å²) in [6, 6.07) is 7.22. The molecule has 1 N–H and O–H groups in total. The maximum Gasteiger partial charge on any atom is 0.340 e. The van der Waals surface area contributed by atoms with E-state index in [4.69, 9.17) is 4.74 Å². The molecule has 116 valence electrons. The molecule has 1 amide bonds. The second-order valence-corrected chi connectivity index (χ2v) is 5.60. The molecule has 0 saturated carbocycles. The first kappa shape index (κ1) is 16.0. The molecule has 1 heterocycles. The largest absolute Gasteiger partial charge is 0.496 e. The highest BCUT2D eigenvalue weighted by Gasteiger charge is 2.15. The molecule has 2 aromatic rings. The highest BCUT2D eigenvalue weighted by molar-refractivity contribution is 7.14. The van der Waals surface area contributed by atoms with E-state index in [0.29, 0.717) is 10.6 Å². The summed E-state index contributed by atoms with van der Waals surface area (Å²) in [6.45, 7) is 1.93. The number of benzene rings is 1. The lowest BCUT2D eigenvalue weighted by molar-refractivity contribution is -0.115. The van der Waals surface area contributed by atoms with E-state index < -0.39 is 5.97 Å². The molecule has 1 aromatic heterocycles. The van der Waals surface area contributed by atoms with Crippen LogP contribution in [0, 0.1) is 6.92 Å². The van der Waals surface area contributed by atoms with Gasteiger partial charge in [0.1, 0.15) is 10.8 Å². The average Bonchev–Trinajstić information content (AvgIpc) is 2.94. The number of thiophene rings is 1. The molecular formula is C16H17NO4S. The first-order valence-electron chi connectivity index (χ1n) is 6.64. The van der Waals surface area contributed by atoms with E-state index in [1.807, 2.05) is 25.1 Å². The number of anilines is 1. The van der Waals surface area contributed by atoms with E-state index in [1.54, 1.807) is 18.6 Å². The van der Waals surface area contributed by atoms with Crippen LogP contribution in [0.15, 0.2) is 29.6 Å². The van der Waals surface area contributed by atoms with Gasteiger partial charge in [-0.1, -0.05) is 12.1 Å². The van der Waals surface area contributed by atoms with Gasteiger partial charge in [0.25, 0.3) is 0 Å². The summed E-state index contributed by atoms with van der Waals surface area (Å²) in [5, 5.41) is 4.99. The second-order valence-electron chi connectivity index (χ2n) is 4.68. The van der Waals surface area contributed by atoms with Gasteiger partial charge in [0, 0.05) is 0 Å². The molecule has 0 aliphatic heterocycles. The number of amides is 1. The van der Waals surface area contributed by atoms with Crippen molar-refractivity contribution in [1.82, 2.24) is 0 Å². The van der Waals surface area contributed by atoms with Crippen LogP contribution in [-0.4, -0.2) is 26.1 Å². The van der Waals surface area contributed by atoms with Crippen LogP contribution < -0.4 is 10.1 Å². The Balaban J connectivity index is 2.06. The Labute approximate surface area is 132 Å². The van der Waals surface area contributed by atoms with Gasteiger partial charge in [-0.05, 0) is 35.6 Å². The van der Waals surface area contributed by atoms with E-state index in [9.17, 15) is 9.59 Å². The van der Waals surface area contributed by atoms with Gasteiger partial charge < -0.3 is 14.8 Å². The molecule has 6 heteroatoms. The van der Waals surface area contributed by atoms with Crippen molar-refractivity contribution in [1.29, 1.82) is 0 Å². The summed E-state index contributed by atoms with van der Waals surface area (Å²) in [5.74, 6) is 0.143. The Morgan fingerprint density at radius 3 is 2.64 bits per heavy atom. The van der Waals surface area contributed by atoms with Crippen molar-refractivity contribution < 1.29 is 19.1 Å². The molecule has 5 nitrogen and oxygen atoms in total. The Kier molecular flexibility index (Phi) is 5.16. The van der Waals surface area contributed by atoms with Crippen LogP contribution in [0.3, 0.4) is 0 Å². The number of nitrogens with one attached hydrogen (secondary N) is 1. The normalized spacial score (nSPS) is 10.1. The molecule has 1 aromatic carbocycles. The topological polar surface area (TPSA) is 64.6 Å². The smallest absolute Gasteiger partial charge is 0.340 e. The number of rotatable bonds is 5. The highest BCUT2D eigenvalue weighted by Crippen LogP contribution is 2.24. The summed E-state index contributed by atoms with van der Waals surface area (Å²) in [4.78, 5) is 23.7. The summed E-state index contributed by atoms with van der Waals surface area (Å²) >= 11 is 1.29. The number of hydrogen-bond donors (Lipinski definition) is 1. The summed E-state index contributed by atoms with van der Waals surface area (Å²) < 4.78 is 9.87. The van der Waals surface area contributed by atoms with Crippen LogP contribution in [0.4, 0.5) is 5.00 Å². The van der Waals surface area contributed by atoms with Crippen LogP contribution in [0.25, 0.3) is 0 Å². The average molecular weight is 319 g/mol. The van der Waals surface area contributed by atoms with Gasteiger partial charge in [-0.3, -0.25) is 4.79 Å². The van der Waals surface area contributed by atoms with Gasteiger partial charge in [0.2, 0.25) is 5.91 Å². The van der Waals surface area contributed by atoms with Crippen molar-refractivity contribution in [3.63, 3.8) is 0 Å². The van der Waals surface area contributed by atoms with Crippen LogP contribution in [-0.2, 0) is 16.0 Å². The number of aryl methyl sites for hydroxylation is 1. The summed E-state index contributed by atoms with van der Waals surface area (Å²) in [6.07, 6.45) is 0.226. The van der Waals surface area contributed by atoms with Crippen molar-refractivity contribution in [2.45, 2.75) is 13.3 Å². The van der Waals surface area contributed by atoms with Gasteiger partial charge in [-0.15, -0.1) is 11.3 Å². The van der Waals surface area contributed by atoms with E-state index in [1.165, 1.54) is 18.4 Å². The monoisotopic (exact) mass is 319 g/mol. The Morgan fingerprint density at radius 2 is 2.00 bits per heavy atom. The Hall–Kier alpha value is -2.34. The third-order valence-corrected chi connectivity index (χ3v) is 3.98. The number of esters is 1. The van der Waals surface area contributed by atoms with Crippen LogP contribution >= 0.6 is 11.3 Å². The number of carbonyl (C=O) groups is 2. The molecule has 0 aliphatic rings. The Bertz CT molecular complexity index is 693. The molecule has 0 fully saturated rings.